The molecule has 18 heavy (non-hydrogen) atoms. The van der Waals surface area contributed by atoms with Crippen LogP contribution in [0.15, 0.2) is 41.1 Å². The van der Waals surface area contributed by atoms with Gasteiger partial charge in [-0.3, -0.25) is 0 Å². The van der Waals surface area contributed by atoms with E-state index in [0.717, 1.165) is 22.4 Å². The Morgan fingerprint density at radius 1 is 1.28 bits per heavy atom. The molecule has 0 aliphatic rings. The summed E-state index contributed by atoms with van der Waals surface area (Å²) in [5.74, 6) is 1.34. The van der Waals surface area contributed by atoms with Gasteiger partial charge in [-0.1, -0.05) is 34.1 Å². The lowest BCUT2D eigenvalue weighted by atomic mass is 10.2. The monoisotopic (exact) mass is 307 g/mol. The summed E-state index contributed by atoms with van der Waals surface area (Å²) in [6.07, 6.45) is 1.49. The van der Waals surface area contributed by atoms with Gasteiger partial charge in [0, 0.05) is 22.6 Å². The van der Waals surface area contributed by atoms with Crippen molar-refractivity contribution in [2.75, 3.05) is 11.9 Å². The zero-order valence-corrected chi connectivity index (χ0v) is 11.6. The second-order valence-corrected chi connectivity index (χ2v) is 4.51. The molecule has 0 bridgehead atoms. The summed E-state index contributed by atoms with van der Waals surface area (Å²) in [7, 11) is 0. The van der Waals surface area contributed by atoms with E-state index in [1.54, 1.807) is 6.07 Å². The first kappa shape index (κ1) is 12.8. The van der Waals surface area contributed by atoms with Gasteiger partial charge in [0.25, 0.3) is 0 Å². The van der Waals surface area contributed by atoms with Crippen molar-refractivity contribution in [1.82, 2.24) is 9.97 Å². The molecule has 4 nitrogen and oxygen atoms in total. The minimum absolute atomic E-state index is 0.476. The van der Waals surface area contributed by atoms with Gasteiger partial charge >= 0.3 is 0 Å². The van der Waals surface area contributed by atoms with Crippen molar-refractivity contribution in [1.29, 1.82) is 0 Å². The molecule has 1 aromatic carbocycles. The number of rotatable bonds is 5. The number of hydrogen-bond acceptors (Lipinski definition) is 4. The number of benzene rings is 1. The molecule has 0 spiro atoms. The summed E-state index contributed by atoms with van der Waals surface area (Å²) >= 11 is 3.48. The van der Waals surface area contributed by atoms with Crippen LogP contribution in [0.1, 0.15) is 12.5 Å². The van der Waals surface area contributed by atoms with Crippen LogP contribution in [0, 0.1) is 0 Å². The van der Waals surface area contributed by atoms with Crippen molar-refractivity contribution < 1.29 is 4.74 Å². The Hall–Kier alpha value is -1.62. The number of anilines is 1. The van der Waals surface area contributed by atoms with Crippen LogP contribution < -0.4 is 10.1 Å². The van der Waals surface area contributed by atoms with E-state index >= 15 is 0 Å². The average molecular weight is 308 g/mol. The highest BCUT2D eigenvalue weighted by molar-refractivity contribution is 9.10. The average Bonchev–Trinajstić information content (AvgIpc) is 2.39. The topological polar surface area (TPSA) is 47.0 Å². The zero-order valence-electron chi connectivity index (χ0n) is 10.1. The highest BCUT2D eigenvalue weighted by Gasteiger charge is 2.02. The van der Waals surface area contributed by atoms with Crippen molar-refractivity contribution >= 4 is 21.7 Å². The fourth-order valence-corrected chi connectivity index (χ4v) is 1.86. The molecule has 2 rings (SSSR count). The molecule has 0 aliphatic carbocycles. The number of nitrogens with zero attached hydrogens (tertiary/aromatic N) is 2. The van der Waals surface area contributed by atoms with Gasteiger partial charge in [0.05, 0.1) is 0 Å². The molecule has 0 radical (unpaired) electrons. The number of hydrogen-bond donors (Lipinski definition) is 1. The van der Waals surface area contributed by atoms with Gasteiger partial charge in [0.15, 0.2) is 0 Å². The molecule has 0 atom stereocenters. The van der Waals surface area contributed by atoms with Crippen LogP contribution in [0.25, 0.3) is 0 Å². The van der Waals surface area contributed by atoms with Crippen molar-refractivity contribution in [2.24, 2.45) is 0 Å². The van der Waals surface area contributed by atoms with Gasteiger partial charge in [-0.25, -0.2) is 9.97 Å². The van der Waals surface area contributed by atoms with E-state index < -0.39 is 0 Å². The normalized spacial score (nSPS) is 10.1. The minimum Gasteiger partial charge on any atom is -0.473 e. The van der Waals surface area contributed by atoms with Crippen LogP contribution >= 0.6 is 15.9 Å². The maximum absolute atomic E-state index is 5.64. The molecule has 0 fully saturated rings. The SMILES string of the molecule is CCNc1cc(OCc2ccccc2Br)ncn1. The van der Waals surface area contributed by atoms with Crippen LogP contribution in [-0.4, -0.2) is 16.5 Å². The number of nitrogens with one attached hydrogen (secondary N) is 1. The number of ether oxygens (including phenoxy) is 1. The first-order valence-electron chi connectivity index (χ1n) is 5.71. The second-order valence-electron chi connectivity index (χ2n) is 3.65. The lowest BCUT2D eigenvalue weighted by Gasteiger charge is -2.08. The Morgan fingerprint density at radius 3 is 2.89 bits per heavy atom. The molecule has 0 unspecified atom stereocenters. The van der Waals surface area contributed by atoms with Crippen LogP contribution in [0.4, 0.5) is 5.82 Å². The summed E-state index contributed by atoms with van der Waals surface area (Å²) in [5.41, 5.74) is 1.08. The standard InChI is InChI=1S/C13H14BrN3O/c1-2-15-12-7-13(17-9-16-12)18-8-10-5-3-4-6-11(10)14/h3-7,9H,2,8H2,1H3,(H,15,16,17). The molecule has 2 aromatic rings. The Balaban J connectivity index is 2.02. The predicted octanol–water partition coefficient (Wildman–Crippen LogP) is 3.25. The maximum atomic E-state index is 5.64. The van der Waals surface area contributed by atoms with Gasteiger partial charge in [0.1, 0.15) is 18.8 Å². The third kappa shape index (κ3) is 3.43. The summed E-state index contributed by atoms with van der Waals surface area (Å²) in [6.45, 7) is 3.31. The van der Waals surface area contributed by atoms with Crippen molar-refractivity contribution in [3.05, 3.63) is 46.7 Å². The molecule has 0 saturated carbocycles. The van der Waals surface area contributed by atoms with E-state index in [1.165, 1.54) is 6.33 Å². The van der Waals surface area contributed by atoms with Crippen LogP contribution in [0.5, 0.6) is 5.88 Å². The number of aromatic nitrogens is 2. The van der Waals surface area contributed by atoms with E-state index in [4.69, 9.17) is 4.74 Å². The molecule has 0 saturated heterocycles. The molecular weight excluding hydrogens is 294 g/mol. The van der Waals surface area contributed by atoms with E-state index in [2.05, 4.69) is 31.2 Å². The molecule has 0 aliphatic heterocycles. The minimum atomic E-state index is 0.476. The van der Waals surface area contributed by atoms with Crippen LogP contribution in [0.3, 0.4) is 0 Å². The third-order valence-corrected chi connectivity index (χ3v) is 3.11. The predicted molar refractivity (Wildman–Crippen MR) is 74.7 cm³/mol. The summed E-state index contributed by atoms with van der Waals surface area (Å²) in [6, 6.07) is 9.74. The maximum Gasteiger partial charge on any atom is 0.218 e. The summed E-state index contributed by atoms with van der Waals surface area (Å²) in [5, 5.41) is 3.12. The van der Waals surface area contributed by atoms with Gasteiger partial charge in [-0.2, -0.15) is 0 Å². The Kier molecular flexibility index (Phi) is 4.52. The lowest BCUT2D eigenvalue weighted by Crippen LogP contribution is -2.02. The fraction of sp³-hybridized carbons (Fsp3) is 0.231. The molecule has 1 aromatic heterocycles. The quantitative estimate of drug-likeness (QED) is 0.921. The molecule has 94 valence electrons. The first-order valence-corrected chi connectivity index (χ1v) is 6.51. The Morgan fingerprint density at radius 2 is 2.11 bits per heavy atom. The highest BCUT2D eigenvalue weighted by atomic mass is 79.9. The largest absolute Gasteiger partial charge is 0.473 e. The Labute approximate surface area is 115 Å². The first-order chi connectivity index (χ1) is 8.79. The van der Waals surface area contributed by atoms with E-state index in [0.29, 0.717) is 12.5 Å². The molecule has 1 N–H and O–H groups in total. The molecule has 0 amide bonds. The zero-order chi connectivity index (χ0) is 12.8. The summed E-state index contributed by atoms with van der Waals surface area (Å²) in [4.78, 5) is 8.17. The van der Waals surface area contributed by atoms with Gasteiger partial charge in [0.2, 0.25) is 5.88 Å². The molecule has 5 heteroatoms. The lowest BCUT2D eigenvalue weighted by molar-refractivity contribution is 0.293. The van der Waals surface area contributed by atoms with Crippen LogP contribution in [0.2, 0.25) is 0 Å². The van der Waals surface area contributed by atoms with Gasteiger partial charge in [-0.05, 0) is 13.0 Å². The Bertz CT molecular complexity index is 519. The second kappa shape index (κ2) is 6.35. The molecule has 1 heterocycles. The van der Waals surface area contributed by atoms with Crippen molar-refractivity contribution in [3.8, 4) is 5.88 Å². The van der Waals surface area contributed by atoms with E-state index in [9.17, 15) is 0 Å². The van der Waals surface area contributed by atoms with Crippen molar-refractivity contribution in [3.63, 3.8) is 0 Å². The number of halogens is 1. The van der Waals surface area contributed by atoms with Gasteiger partial charge < -0.3 is 10.1 Å². The molecular formula is C13H14BrN3O. The van der Waals surface area contributed by atoms with E-state index in [1.807, 2.05) is 31.2 Å². The fourth-order valence-electron chi connectivity index (χ4n) is 1.46. The smallest absolute Gasteiger partial charge is 0.218 e. The van der Waals surface area contributed by atoms with Gasteiger partial charge in [-0.15, -0.1) is 0 Å². The summed E-state index contributed by atoms with van der Waals surface area (Å²) < 4.78 is 6.67. The third-order valence-electron chi connectivity index (χ3n) is 2.33. The highest BCUT2D eigenvalue weighted by Crippen LogP contribution is 2.18. The van der Waals surface area contributed by atoms with E-state index in [-0.39, 0.29) is 0 Å². The van der Waals surface area contributed by atoms with Crippen molar-refractivity contribution in [2.45, 2.75) is 13.5 Å². The van der Waals surface area contributed by atoms with Crippen LogP contribution in [-0.2, 0) is 6.61 Å².